The van der Waals surface area contributed by atoms with Crippen LogP contribution in [0.25, 0.3) is 0 Å². The molecule has 3 atom stereocenters. The molecule has 0 spiro atoms. The fourth-order valence-electron chi connectivity index (χ4n) is 3.84. The Morgan fingerprint density at radius 2 is 2.22 bits per heavy atom. The maximum atomic E-state index is 5.88. The molecule has 23 heavy (non-hydrogen) atoms. The second kappa shape index (κ2) is 6.40. The van der Waals surface area contributed by atoms with Gasteiger partial charge >= 0.3 is 0 Å². The van der Waals surface area contributed by atoms with E-state index >= 15 is 0 Å². The summed E-state index contributed by atoms with van der Waals surface area (Å²) in [6.07, 6.45) is 1.54. The largest absolute Gasteiger partial charge is 0.377 e. The molecule has 1 aliphatic carbocycles. The van der Waals surface area contributed by atoms with Crippen LogP contribution in [0.3, 0.4) is 0 Å². The first-order chi connectivity index (χ1) is 10.9. The highest BCUT2D eigenvalue weighted by atomic mass is 32.1. The molecule has 2 N–H and O–H groups in total. The van der Waals surface area contributed by atoms with E-state index in [2.05, 4.69) is 50.2 Å². The maximum absolute atomic E-state index is 5.88. The van der Waals surface area contributed by atoms with Gasteiger partial charge in [0.05, 0.1) is 18.3 Å². The SMILES string of the molecule is CCNC(=NCc1nc(C)c(C)s1)NC1C2CCOC2C1(C)C. The molecule has 6 heteroatoms. The van der Waals surface area contributed by atoms with Crippen molar-refractivity contribution in [1.29, 1.82) is 0 Å². The van der Waals surface area contributed by atoms with Crippen LogP contribution in [0.15, 0.2) is 4.99 Å². The van der Waals surface area contributed by atoms with Crippen molar-refractivity contribution in [2.24, 2.45) is 16.3 Å². The molecule has 5 nitrogen and oxygen atoms in total. The quantitative estimate of drug-likeness (QED) is 0.655. The zero-order valence-electron chi connectivity index (χ0n) is 14.8. The number of nitrogens with one attached hydrogen (secondary N) is 2. The summed E-state index contributed by atoms with van der Waals surface area (Å²) in [7, 11) is 0. The number of hydrogen-bond acceptors (Lipinski definition) is 4. The lowest BCUT2D eigenvalue weighted by atomic mass is 9.57. The number of ether oxygens (including phenoxy) is 1. The van der Waals surface area contributed by atoms with Crippen LogP contribution in [0.4, 0.5) is 0 Å². The number of aryl methyl sites for hydroxylation is 2. The lowest BCUT2D eigenvalue weighted by molar-refractivity contribution is -0.106. The number of guanidine groups is 1. The van der Waals surface area contributed by atoms with Gasteiger partial charge in [-0.05, 0) is 27.2 Å². The van der Waals surface area contributed by atoms with Gasteiger partial charge in [-0.3, -0.25) is 0 Å². The summed E-state index contributed by atoms with van der Waals surface area (Å²) < 4.78 is 5.88. The summed E-state index contributed by atoms with van der Waals surface area (Å²) >= 11 is 1.73. The minimum Gasteiger partial charge on any atom is -0.377 e. The van der Waals surface area contributed by atoms with Gasteiger partial charge in [-0.1, -0.05) is 13.8 Å². The Kier molecular flexibility index (Phi) is 4.65. The van der Waals surface area contributed by atoms with E-state index in [0.29, 0.717) is 24.6 Å². The molecule has 128 valence electrons. The van der Waals surface area contributed by atoms with Gasteiger partial charge in [-0.15, -0.1) is 11.3 Å². The molecule has 3 unspecified atom stereocenters. The Morgan fingerprint density at radius 3 is 2.87 bits per heavy atom. The number of rotatable bonds is 4. The average molecular weight is 337 g/mol. The van der Waals surface area contributed by atoms with Gasteiger partial charge in [0.1, 0.15) is 5.01 Å². The van der Waals surface area contributed by atoms with Crippen molar-refractivity contribution in [3.05, 3.63) is 15.6 Å². The van der Waals surface area contributed by atoms with E-state index in [9.17, 15) is 0 Å². The van der Waals surface area contributed by atoms with Crippen LogP contribution < -0.4 is 10.6 Å². The Labute approximate surface area is 142 Å². The standard InChI is InChI=1S/C17H28N4OS/c1-6-18-16(19-9-13-20-10(2)11(3)23-13)21-14-12-7-8-22-15(12)17(14,4)5/h12,14-15H,6-9H2,1-5H3,(H2,18,19,21). The van der Waals surface area contributed by atoms with Crippen LogP contribution in [0.5, 0.6) is 0 Å². The van der Waals surface area contributed by atoms with E-state index in [-0.39, 0.29) is 5.41 Å². The van der Waals surface area contributed by atoms with E-state index in [1.165, 1.54) is 4.88 Å². The number of aromatic nitrogens is 1. The second-order valence-electron chi connectivity index (χ2n) is 7.13. The minimum atomic E-state index is 0.158. The maximum Gasteiger partial charge on any atom is 0.191 e. The first-order valence-electron chi connectivity index (χ1n) is 8.52. The van der Waals surface area contributed by atoms with E-state index in [0.717, 1.165) is 36.2 Å². The Morgan fingerprint density at radius 1 is 1.43 bits per heavy atom. The first-order valence-corrected chi connectivity index (χ1v) is 9.34. The molecular weight excluding hydrogens is 308 g/mol. The molecule has 0 aromatic carbocycles. The third-order valence-electron chi connectivity index (χ3n) is 5.18. The van der Waals surface area contributed by atoms with E-state index in [4.69, 9.17) is 9.73 Å². The van der Waals surface area contributed by atoms with Crippen molar-refractivity contribution < 1.29 is 4.74 Å². The molecule has 0 bridgehead atoms. The van der Waals surface area contributed by atoms with Crippen LogP contribution in [0.1, 0.15) is 42.8 Å². The van der Waals surface area contributed by atoms with Crippen molar-refractivity contribution in [2.75, 3.05) is 13.2 Å². The monoisotopic (exact) mass is 336 g/mol. The topological polar surface area (TPSA) is 58.5 Å². The van der Waals surface area contributed by atoms with Crippen molar-refractivity contribution in [3.8, 4) is 0 Å². The van der Waals surface area contributed by atoms with E-state index in [1.54, 1.807) is 11.3 Å². The summed E-state index contributed by atoms with van der Waals surface area (Å²) in [5, 5.41) is 8.09. The zero-order valence-corrected chi connectivity index (χ0v) is 15.6. The highest BCUT2D eigenvalue weighted by Gasteiger charge is 2.59. The van der Waals surface area contributed by atoms with Crippen LogP contribution in [0, 0.1) is 25.2 Å². The highest BCUT2D eigenvalue weighted by molar-refractivity contribution is 7.11. The Balaban J connectivity index is 1.68. The zero-order chi connectivity index (χ0) is 16.6. The lowest BCUT2D eigenvalue weighted by Gasteiger charge is -2.54. The normalized spacial score (nSPS) is 29.1. The van der Waals surface area contributed by atoms with Gasteiger partial charge in [0.25, 0.3) is 0 Å². The molecule has 2 aliphatic rings. The smallest absolute Gasteiger partial charge is 0.191 e. The number of thiazole rings is 1. The highest BCUT2D eigenvalue weighted by Crippen LogP contribution is 2.52. The van der Waals surface area contributed by atoms with Gasteiger partial charge in [0.2, 0.25) is 0 Å². The van der Waals surface area contributed by atoms with Crippen molar-refractivity contribution in [3.63, 3.8) is 0 Å². The Bertz CT molecular complexity index is 576. The molecular formula is C17H28N4OS. The van der Waals surface area contributed by atoms with E-state index < -0.39 is 0 Å². The van der Waals surface area contributed by atoms with Gasteiger partial charge in [0.15, 0.2) is 5.96 Å². The predicted molar refractivity (Wildman–Crippen MR) is 95.0 cm³/mol. The van der Waals surface area contributed by atoms with Crippen LogP contribution in [-0.2, 0) is 11.3 Å². The number of aliphatic imine (C=N–C) groups is 1. The fraction of sp³-hybridized carbons (Fsp3) is 0.765. The minimum absolute atomic E-state index is 0.158. The molecule has 2 heterocycles. The van der Waals surface area contributed by atoms with Crippen molar-refractivity contribution in [1.82, 2.24) is 15.6 Å². The molecule has 1 aromatic heterocycles. The van der Waals surface area contributed by atoms with Crippen molar-refractivity contribution in [2.45, 2.75) is 59.7 Å². The summed E-state index contributed by atoms with van der Waals surface area (Å²) in [6.45, 7) is 13.2. The first kappa shape index (κ1) is 16.7. The molecule has 0 amide bonds. The average Bonchev–Trinajstić information content (AvgIpc) is 3.08. The van der Waals surface area contributed by atoms with Gasteiger partial charge in [-0.25, -0.2) is 9.98 Å². The molecule has 2 fully saturated rings. The van der Waals surface area contributed by atoms with Gasteiger partial charge in [0, 0.05) is 35.4 Å². The van der Waals surface area contributed by atoms with Gasteiger partial charge in [-0.2, -0.15) is 0 Å². The molecule has 0 radical (unpaired) electrons. The Hall–Kier alpha value is -1.14. The summed E-state index contributed by atoms with van der Waals surface area (Å²) in [5.74, 6) is 1.50. The number of nitrogens with zero attached hydrogens (tertiary/aromatic N) is 2. The third kappa shape index (κ3) is 3.11. The van der Waals surface area contributed by atoms with E-state index in [1.807, 2.05) is 0 Å². The predicted octanol–water partition coefficient (Wildman–Crippen LogP) is 2.63. The van der Waals surface area contributed by atoms with Crippen LogP contribution in [-0.4, -0.2) is 36.2 Å². The third-order valence-corrected chi connectivity index (χ3v) is 6.24. The summed E-state index contributed by atoms with van der Waals surface area (Å²) in [6, 6.07) is 0.424. The summed E-state index contributed by atoms with van der Waals surface area (Å²) in [5.41, 5.74) is 1.27. The number of hydrogen-bond donors (Lipinski definition) is 2. The molecule has 1 saturated heterocycles. The second-order valence-corrected chi connectivity index (χ2v) is 8.42. The molecule has 1 aromatic rings. The number of fused-ring (bicyclic) bond motifs is 1. The van der Waals surface area contributed by atoms with Crippen molar-refractivity contribution >= 4 is 17.3 Å². The van der Waals surface area contributed by atoms with Crippen LogP contribution in [0.2, 0.25) is 0 Å². The van der Waals surface area contributed by atoms with Crippen LogP contribution >= 0.6 is 11.3 Å². The molecule has 1 saturated carbocycles. The van der Waals surface area contributed by atoms with Gasteiger partial charge < -0.3 is 15.4 Å². The molecule has 3 rings (SSSR count). The molecule has 1 aliphatic heterocycles. The summed E-state index contributed by atoms with van der Waals surface area (Å²) in [4.78, 5) is 10.6. The lowest BCUT2D eigenvalue weighted by Crippen LogP contribution is -2.67. The fourth-order valence-corrected chi connectivity index (χ4v) is 4.70.